The largest absolute Gasteiger partial charge is 0.494 e. The summed E-state index contributed by atoms with van der Waals surface area (Å²) >= 11 is 11.7. The number of nitrogens with two attached hydrogens (primary N) is 1. The first-order chi connectivity index (χ1) is 29.6. The van der Waals surface area contributed by atoms with Crippen molar-refractivity contribution >= 4 is 78.5 Å². The van der Waals surface area contributed by atoms with Gasteiger partial charge in [-0.15, -0.1) is 0 Å². The molecule has 328 valence electrons. The number of benzene rings is 6. The summed E-state index contributed by atoms with van der Waals surface area (Å²) in [6.07, 6.45) is -0.603. The number of halogens is 9. The second kappa shape index (κ2) is 22.5. The van der Waals surface area contributed by atoms with Gasteiger partial charge < -0.3 is 15.0 Å². The second-order valence-electron chi connectivity index (χ2n) is 14.7. The molecule has 2 N–H and O–H groups in total. The molecule has 0 aromatic heterocycles. The summed E-state index contributed by atoms with van der Waals surface area (Å²) < 4.78 is 92.4. The van der Waals surface area contributed by atoms with E-state index in [4.69, 9.17) is 26.6 Å². The first-order valence-corrected chi connectivity index (χ1v) is 20.8. The average molecular weight is 1020 g/mol. The van der Waals surface area contributed by atoms with E-state index >= 15 is 0 Å². The molecule has 6 nitrogen and oxygen atoms in total. The average Bonchev–Trinajstić information content (AvgIpc) is 3.46. The Bertz CT molecular complexity index is 2470. The standard InChI is InChI=1S/C20H21BF2O3.C14H9BrF2O.C7H4BrClO.C6H5F2N/c1-19(2)20(3,4)26-21(25-19)14-10-8-13(9-11-14)18(24)12-15-16(22)6-5-7-17(15)23;15-10-6-4-9(5-7-10)14(18)8-11-12(16)2-1-3-13(11)17;8-6-3-1-5(2-4-6)7(9)10;7-4-2-1-3-5(8)6(4)9/h5-11H,12H2,1-4H3;1-7H,8H2;1-4H;1-3H,9H2. The van der Waals surface area contributed by atoms with Gasteiger partial charge in [0, 0.05) is 49.6 Å². The number of para-hydroxylation sites is 1. The van der Waals surface area contributed by atoms with Crippen LogP contribution in [-0.4, -0.2) is 35.1 Å². The van der Waals surface area contributed by atoms with E-state index < -0.39 is 64.2 Å². The number of carbonyl (C=O) groups is 3. The zero-order valence-corrected chi connectivity index (χ0v) is 38.1. The highest BCUT2D eigenvalue weighted by atomic mass is 79.9. The minimum absolute atomic E-state index is 0.189. The van der Waals surface area contributed by atoms with E-state index in [0.717, 1.165) is 50.8 Å². The highest BCUT2D eigenvalue weighted by Crippen LogP contribution is 2.36. The van der Waals surface area contributed by atoms with E-state index in [0.29, 0.717) is 16.7 Å². The molecule has 0 atom stereocenters. The van der Waals surface area contributed by atoms with Crippen LogP contribution in [-0.2, 0) is 22.2 Å². The third kappa shape index (κ3) is 14.2. The molecule has 6 aromatic rings. The molecule has 6 aromatic carbocycles. The quantitative estimate of drug-likeness (QED) is 0.0536. The molecule has 0 saturated carbocycles. The maximum atomic E-state index is 13.7. The summed E-state index contributed by atoms with van der Waals surface area (Å²) in [5.74, 6) is -4.91. The van der Waals surface area contributed by atoms with Crippen LogP contribution in [0.3, 0.4) is 0 Å². The fraction of sp³-hybridized carbons (Fsp3) is 0.170. The molecule has 0 spiro atoms. The summed E-state index contributed by atoms with van der Waals surface area (Å²) in [4.78, 5) is 34.7. The Labute approximate surface area is 383 Å². The molecule has 16 heteroatoms. The number of Topliss-reactive ketones (excluding diaryl/α,β-unsaturated/α-hetero) is 2. The lowest BCUT2D eigenvalue weighted by molar-refractivity contribution is 0.00578. The molecule has 1 fully saturated rings. The highest BCUT2D eigenvalue weighted by Gasteiger charge is 2.51. The van der Waals surface area contributed by atoms with Gasteiger partial charge in [0.2, 0.25) is 0 Å². The van der Waals surface area contributed by atoms with Crippen LogP contribution in [0, 0.1) is 34.9 Å². The fourth-order valence-corrected chi connectivity index (χ4v) is 6.12. The Hall–Kier alpha value is -5.06. The maximum Gasteiger partial charge on any atom is 0.494 e. The molecule has 1 saturated heterocycles. The molecule has 0 unspecified atom stereocenters. The molecule has 0 amide bonds. The number of nitrogen functional groups attached to an aromatic ring is 1. The van der Waals surface area contributed by atoms with Crippen molar-refractivity contribution in [1.29, 1.82) is 0 Å². The van der Waals surface area contributed by atoms with Gasteiger partial charge >= 0.3 is 7.12 Å². The SMILES string of the molecule is CC1(C)OB(c2ccc(C(=O)Cc3c(F)cccc3F)cc2)OC1(C)C.Nc1c(F)cccc1F.O=C(Cc1c(F)cccc1F)c1ccc(Br)cc1.O=C(Cl)c1ccc(Br)cc1. The zero-order chi connectivity index (χ0) is 46.6. The monoisotopic (exact) mass is 1020 g/mol. The second-order valence-corrected chi connectivity index (χ2v) is 16.9. The molecular weight excluding hydrogens is 979 g/mol. The Kier molecular flexibility index (Phi) is 18.1. The van der Waals surface area contributed by atoms with E-state index in [9.17, 15) is 40.7 Å². The molecule has 1 aliphatic heterocycles. The van der Waals surface area contributed by atoms with Gasteiger partial charge in [0.05, 0.1) is 11.2 Å². The Morgan fingerprint density at radius 2 is 0.825 bits per heavy atom. The van der Waals surface area contributed by atoms with Crippen LogP contribution < -0.4 is 11.2 Å². The summed E-state index contributed by atoms with van der Waals surface area (Å²) in [7, 11) is -0.520. The van der Waals surface area contributed by atoms with Crippen LogP contribution in [0.15, 0.2) is 136 Å². The summed E-state index contributed by atoms with van der Waals surface area (Å²) in [6, 6.07) is 30.9. The van der Waals surface area contributed by atoms with Gasteiger partial charge in [0.15, 0.2) is 11.6 Å². The van der Waals surface area contributed by atoms with E-state index in [-0.39, 0.29) is 35.5 Å². The van der Waals surface area contributed by atoms with Gasteiger partial charge in [-0.05, 0) is 118 Å². The Morgan fingerprint density at radius 1 is 0.524 bits per heavy atom. The van der Waals surface area contributed by atoms with Crippen LogP contribution in [0.4, 0.5) is 32.0 Å². The fourth-order valence-electron chi connectivity index (χ4n) is 5.46. The first kappa shape index (κ1) is 50.6. The van der Waals surface area contributed by atoms with Crippen molar-refractivity contribution in [1.82, 2.24) is 0 Å². The number of hydrogen-bond donors (Lipinski definition) is 1. The third-order valence-electron chi connectivity index (χ3n) is 9.79. The van der Waals surface area contributed by atoms with Crippen LogP contribution in [0.25, 0.3) is 0 Å². The van der Waals surface area contributed by atoms with Gasteiger partial charge in [-0.2, -0.15) is 0 Å². The van der Waals surface area contributed by atoms with Gasteiger partial charge in [-0.1, -0.05) is 86.5 Å². The van der Waals surface area contributed by atoms with Crippen molar-refractivity contribution in [2.45, 2.75) is 51.7 Å². The zero-order valence-electron chi connectivity index (χ0n) is 34.1. The molecule has 0 bridgehead atoms. The number of anilines is 1. The first-order valence-electron chi connectivity index (χ1n) is 18.9. The Morgan fingerprint density at radius 3 is 1.14 bits per heavy atom. The lowest BCUT2D eigenvalue weighted by atomic mass is 9.78. The minimum Gasteiger partial charge on any atom is -0.399 e. The van der Waals surface area contributed by atoms with E-state index in [2.05, 4.69) is 31.9 Å². The number of carbonyl (C=O) groups excluding carboxylic acids is 3. The number of rotatable bonds is 8. The van der Waals surface area contributed by atoms with Crippen LogP contribution in [0.1, 0.15) is 69.9 Å². The smallest absolute Gasteiger partial charge is 0.399 e. The number of hydrogen-bond acceptors (Lipinski definition) is 6. The highest BCUT2D eigenvalue weighted by molar-refractivity contribution is 9.10. The van der Waals surface area contributed by atoms with Crippen molar-refractivity contribution in [3.8, 4) is 0 Å². The lowest BCUT2D eigenvalue weighted by Crippen LogP contribution is -2.41. The van der Waals surface area contributed by atoms with Crippen molar-refractivity contribution < 1.29 is 50.0 Å². The van der Waals surface area contributed by atoms with Gasteiger partial charge in [0.1, 0.15) is 40.6 Å². The van der Waals surface area contributed by atoms with Gasteiger partial charge in [-0.3, -0.25) is 14.4 Å². The normalized spacial score (nSPS) is 13.3. The lowest BCUT2D eigenvalue weighted by Gasteiger charge is -2.32. The van der Waals surface area contributed by atoms with Crippen LogP contribution >= 0.6 is 43.5 Å². The van der Waals surface area contributed by atoms with Crippen molar-refractivity contribution in [2.75, 3.05) is 5.73 Å². The molecule has 7 rings (SSSR count). The summed E-state index contributed by atoms with van der Waals surface area (Å²) in [5, 5.41) is -0.424. The van der Waals surface area contributed by atoms with Crippen molar-refractivity contribution in [3.63, 3.8) is 0 Å². The predicted molar refractivity (Wildman–Crippen MR) is 240 cm³/mol. The topological polar surface area (TPSA) is 95.7 Å². The van der Waals surface area contributed by atoms with Gasteiger partial charge in [-0.25, -0.2) is 26.3 Å². The van der Waals surface area contributed by atoms with Gasteiger partial charge in [0.25, 0.3) is 5.24 Å². The molecule has 1 heterocycles. The van der Waals surface area contributed by atoms with E-state index in [1.165, 1.54) is 18.2 Å². The van der Waals surface area contributed by atoms with Crippen LogP contribution in [0.5, 0.6) is 0 Å². The maximum absolute atomic E-state index is 13.7. The third-order valence-corrected chi connectivity index (χ3v) is 11.1. The van der Waals surface area contributed by atoms with E-state index in [1.54, 1.807) is 72.8 Å². The van der Waals surface area contributed by atoms with Crippen molar-refractivity contribution in [3.05, 3.63) is 199 Å². The minimum atomic E-state index is -0.716. The molecule has 0 aliphatic carbocycles. The molecule has 1 aliphatic rings. The summed E-state index contributed by atoms with van der Waals surface area (Å²) in [5.41, 5.74) is 5.33. The Balaban J connectivity index is 0.000000203. The molecule has 63 heavy (non-hydrogen) atoms. The van der Waals surface area contributed by atoms with E-state index in [1.807, 2.05) is 27.7 Å². The van der Waals surface area contributed by atoms with Crippen molar-refractivity contribution in [2.24, 2.45) is 0 Å². The number of ketones is 2. The molecular formula is C47H39BBr2ClF6NO5. The molecule has 0 radical (unpaired) electrons. The summed E-state index contributed by atoms with van der Waals surface area (Å²) in [6.45, 7) is 7.86. The van der Waals surface area contributed by atoms with Crippen LogP contribution in [0.2, 0.25) is 0 Å². The predicted octanol–water partition coefficient (Wildman–Crippen LogP) is 12.2.